The van der Waals surface area contributed by atoms with Crippen LogP contribution in [-0.4, -0.2) is 53.4 Å². The van der Waals surface area contributed by atoms with Crippen LogP contribution in [0.25, 0.3) is 0 Å². The number of hydrogen-bond donors (Lipinski definition) is 0. The molecule has 1 rings (SSSR count). The van der Waals surface area contributed by atoms with Crippen LogP contribution in [0.2, 0.25) is 0 Å². The van der Waals surface area contributed by atoms with Crippen LogP contribution >= 0.6 is 0 Å². The molecule has 10 nitrogen and oxygen atoms in total. The lowest BCUT2D eigenvalue weighted by molar-refractivity contribution is -0.0543. The van der Waals surface area contributed by atoms with Crippen molar-refractivity contribution in [1.29, 1.82) is 0 Å². The molecule has 0 aliphatic heterocycles. The molecule has 1 heterocycles. The Labute approximate surface area is 172 Å². The van der Waals surface area contributed by atoms with Crippen molar-refractivity contribution in [3.8, 4) is 11.8 Å². The van der Waals surface area contributed by atoms with Crippen molar-refractivity contribution in [2.75, 3.05) is 6.61 Å². The molecule has 1 aromatic rings. The molecule has 0 saturated heterocycles. The van der Waals surface area contributed by atoms with Crippen molar-refractivity contribution in [2.45, 2.75) is 22.9 Å². The maximum atomic E-state index is 12.5. The quantitative estimate of drug-likeness (QED) is 0.267. The number of alkyl halides is 9. The number of rotatable bonds is 8. The molecular formula is C10H6F9NO9S3. The van der Waals surface area contributed by atoms with E-state index >= 15 is 0 Å². The van der Waals surface area contributed by atoms with Crippen LogP contribution in [0.15, 0.2) is 12.1 Å². The van der Waals surface area contributed by atoms with Crippen LogP contribution in [0.3, 0.4) is 0 Å². The Bertz CT molecular complexity index is 1150. The van der Waals surface area contributed by atoms with Crippen molar-refractivity contribution in [1.82, 2.24) is 4.98 Å². The Kier molecular flexibility index (Phi) is 7.60. The van der Waals surface area contributed by atoms with Gasteiger partial charge in [-0.2, -0.15) is 69.8 Å². The molecule has 0 fully saturated rings. The van der Waals surface area contributed by atoms with Gasteiger partial charge in [0.2, 0.25) is 11.8 Å². The molecule has 0 N–H and O–H groups in total. The summed E-state index contributed by atoms with van der Waals surface area (Å²) in [6, 6.07) is 0.559. The fourth-order valence-electron chi connectivity index (χ4n) is 1.40. The van der Waals surface area contributed by atoms with Crippen molar-refractivity contribution < 1.29 is 77.3 Å². The first-order chi connectivity index (χ1) is 14.0. The first kappa shape index (κ1) is 28.0. The molecule has 0 amide bonds. The predicted molar refractivity (Wildman–Crippen MR) is 80.1 cm³/mol. The van der Waals surface area contributed by atoms with E-state index in [0.717, 1.165) is 0 Å². The second-order valence-corrected chi connectivity index (χ2v) is 9.73. The van der Waals surface area contributed by atoms with Crippen molar-refractivity contribution in [3.63, 3.8) is 0 Å². The van der Waals surface area contributed by atoms with E-state index in [1.54, 1.807) is 0 Å². The van der Waals surface area contributed by atoms with E-state index < -0.39 is 77.2 Å². The molecule has 0 saturated carbocycles. The first-order valence-corrected chi connectivity index (χ1v) is 11.2. The highest BCUT2D eigenvalue weighted by Gasteiger charge is 2.50. The second kappa shape index (κ2) is 8.70. The predicted octanol–water partition coefficient (Wildman–Crippen LogP) is 1.95. The number of halogens is 9. The standard InChI is InChI=1S/C10H6F9NO9S3/c11-8(12,13)30(21,22)27-4-3-5-1-2-6(28-31(23,24)9(14,15)16)20-7(5)29-32(25,26)10(17,18)19/h1-2H,3-4H2. The zero-order valence-electron chi connectivity index (χ0n) is 14.3. The molecule has 186 valence electrons. The average molecular weight is 551 g/mol. The lowest BCUT2D eigenvalue weighted by Crippen LogP contribution is -2.30. The fraction of sp³-hybridized carbons (Fsp3) is 0.500. The lowest BCUT2D eigenvalue weighted by Gasteiger charge is -2.14. The fourth-order valence-corrected chi connectivity index (χ4v) is 2.70. The molecule has 0 atom stereocenters. The van der Waals surface area contributed by atoms with Crippen LogP contribution in [0.1, 0.15) is 5.56 Å². The van der Waals surface area contributed by atoms with Gasteiger partial charge in [-0.25, -0.2) is 0 Å². The van der Waals surface area contributed by atoms with Crippen LogP contribution < -0.4 is 8.37 Å². The number of aromatic nitrogens is 1. The van der Waals surface area contributed by atoms with Gasteiger partial charge in [0.15, 0.2) is 0 Å². The summed E-state index contributed by atoms with van der Waals surface area (Å²) in [6.07, 6.45) is -1.16. The maximum Gasteiger partial charge on any atom is 0.534 e. The van der Waals surface area contributed by atoms with E-state index in [0.29, 0.717) is 6.07 Å². The molecule has 0 radical (unpaired) electrons. The summed E-state index contributed by atoms with van der Waals surface area (Å²) in [6.45, 7) is -1.48. The van der Waals surface area contributed by atoms with Crippen LogP contribution in [0.5, 0.6) is 11.8 Å². The minimum absolute atomic E-state index is 0.226. The maximum absolute atomic E-state index is 12.5. The molecule has 0 unspecified atom stereocenters. The summed E-state index contributed by atoms with van der Waals surface area (Å²) in [7, 11) is -19.2. The number of pyridine rings is 1. The van der Waals surface area contributed by atoms with Gasteiger partial charge in [0, 0.05) is 18.1 Å². The van der Waals surface area contributed by atoms with E-state index in [4.69, 9.17) is 0 Å². The third-order valence-corrected chi connectivity index (χ3v) is 5.70. The van der Waals surface area contributed by atoms with E-state index in [2.05, 4.69) is 17.5 Å². The Balaban J connectivity index is 3.32. The summed E-state index contributed by atoms with van der Waals surface area (Å²) in [5, 5.41) is 0. The number of nitrogens with zero attached hydrogens (tertiary/aromatic N) is 1. The number of hydrogen-bond acceptors (Lipinski definition) is 10. The van der Waals surface area contributed by atoms with E-state index in [1.165, 1.54) is 0 Å². The largest absolute Gasteiger partial charge is 0.534 e. The van der Waals surface area contributed by atoms with E-state index in [9.17, 15) is 64.8 Å². The molecule has 0 aromatic carbocycles. The van der Waals surface area contributed by atoms with Gasteiger partial charge >= 0.3 is 46.9 Å². The molecular weight excluding hydrogens is 545 g/mol. The Morgan fingerprint density at radius 1 is 0.688 bits per heavy atom. The van der Waals surface area contributed by atoms with Crippen molar-refractivity contribution in [2.24, 2.45) is 0 Å². The zero-order chi connectivity index (χ0) is 25.4. The average Bonchev–Trinajstić information content (AvgIpc) is 2.52. The van der Waals surface area contributed by atoms with Gasteiger partial charge in [-0.3, -0.25) is 4.18 Å². The van der Waals surface area contributed by atoms with Gasteiger partial charge in [0.1, 0.15) is 0 Å². The van der Waals surface area contributed by atoms with Gasteiger partial charge in [0.05, 0.1) is 6.61 Å². The van der Waals surface area contributed by atoms with Gasteiger partial charge in [-0.15, -0.1) is 0 Å². The van der Waals surface area contributed by atoms with Gasteiger partial charge in [-0.05, 0) is 6.07 Å². The molecule has 0 aliphatic carbocycles. The van der Waals surface area contributed by atoms with Crippen LogP contribution in [0.4, 0.5) is 39.5 Å². The summed E-state index contributed by atoms with van der Waals surface area (Å²) < 4.78 is 187. The molecule has 22 heteroatoms. The second-order valence-electron chi connectivity index (χ2n) is 5.05. The molecule has 0 bridgehead atoms. The normalized spacial score (nSPS) is 14.3. The molecule has 1 aromatic heterocycles. The Morgan fingerprint density at radius 2 is 1.12 bits per heavy atom. The van der Waals surface area contributed by atoms with Crippen molar-refractivity contribution >= 4 is 30.4 Å². The Morgan fingerprint density at radius 3 is 1.56 bits per heavy atom. The minimum Gasteiger partial charge on any atom is -0.355 e. The SMILES string of the molecule is O=S(=O)(OCCc1ccc(OS(=O)(=O)C(F)(F)F)nc1OS(=O)(=O)C(F)(F)F)C(F)(F)F. The van der Waals surface area contributed by atoms with Gasteiger partial charge < -0.3 is 8.37 Å². The summed E-state index contributed by atoms with van der Waals surface area (Å²) in [4.78, 5) is 2.70. The minimum atomic E-state index is -6.57. The first-order valence-electron chi connectivity index (χ1n) is 6.97. The van der Waals surface area contributed by atoms with Gasteiger partial charge in [-0.1, -0.05) is 0 Å². The highest BCUT2D eigenvalue weighted by atomic mass is 32.2. The highest BCUT2D eigenvalue weighted by molar-refractivity contribution is 7.88. The van der Waals surface area contributed by atoms with Crippen LogP contribution in [0, 0.1) is 0 Å². The molecule has 32 heavy (non-hydrogen) atoms. The zero-order valence-corrected chi connectivity index (χ0v) is 16.8. The van der Waals surface area contributed by atoms with E-state index in [1.807, 2.05) is 0 Å². The summed E-state index contributed by atoms with van der Waals surface area (Å²) in [5.74, 6) is -3.44. The van der Waals surface area contributed by atoms with Crippen LogP contribution in [-0.2, 0) is 41.0 Å². The summed E-state index contributed by atoms with van der Waals surface area (Å²) >= 11 is 0. The molecule has 0 aliphatic rings. The lowest BCUT2D eigenvalue weighted by atomic mass is 10.2. The third-order valence-electron chi connectivity index (χ3n) is 2.76. The topological polar surface area (TPSA) is 143 Å². The van der Waals surface area contributed by atoms with Crippen molar-refractivity contribution in [3.05, 3.63) is 17.7 Å². The summed E-state index contributed by atoms with van der Waals surface area (Å²) in [5.41, 5.74) is -19.0. The highest BCUT2D eigenvalue weighted by Crippen LogP contribution is 2.32. The van der Waals surface area contributed by atoms with Gasteiger partial charge in [0.25, 0.3) is 0 Å². The Hall–Kier alpha value is -2.07. The third kappa shape index (κ3) is 6.71. The van der Waals surface area contributed by atoms with E-state index in [-0.39, 0.29) is 6.07 Å². The smallest absolute Gasteiger partial charge is 0.355 e. The monoisotopic (exact) mass is 551 g/mol. The molecule has 0 spiro atoms.